The van der Waals surface area contributed by atoms with Gasteiger partial charge in [0.25, 0.3) is 0 Å². The zero-order valence-corrected chi connectivity index (χ0v) is 17.1. The fraction of sp³-hybridized carbons (Fsp3) is 0.154. The quantitative estimate of drug-likeness (QED) is 0.472. The number of hydrazone groups is 1. The summed E-state index contributed by atoms with van der Waals surface area (Å²) in [5.74, 6) is 0.0269. The Morgan fingerprint density at radius 2 is 1.58 bits per heavy atom. The van der Waals surface area contributed by atoms with Crippen molar-refractivity contribution in [1.29, 1.82) is 0 Å². The smallest absolute Gasteiger partial charge is 0.243 e. The maximum Gasteiger partial charge on any atom is 0.243 e. The van der Waals surface area contributed by atoms with Gasteiger partial charge in [-0.25, -0.2) is 5.01 Å². The summed E-state index contributed by atoms with van der Waals surface area (Å²) in [6.07, 6.45) is 5.16. The third-order valence-electron chi connectivity index (χ3n) is 5.62. The van der Waals surface area contributed by atoms with Crippen LogP contribution in [0.5, 0.6) is 0 Å². The van der Waals surface area contributed by atoms with Gasteiger partial charge in [-0.3, -0.25) is 14.8 Å². The Bertz CT molecular complexity index is 1240. The van der Waals surface area contributed by atoms with Gasteiger partial charge in [0.1, 0.15) is 0 Å². The van der Waals surface area contributed by atoms with E-state index in [2.05, 4.69) is 22.1 Å². The van der Waals surface area contributed by atoms with Crippen LogP contribution in [0, 0.1) is 0 Å². The van der Waals surface area contributed by atoms with Gasteiger partial charge in [0.15, 0.2) is 0 Å². The molecule has 0 bridgehead atoms. The molecule has 1 atom stereocenters. The SMILES string of the molecule is O=C(CCc1ccccc1)N1N=C(c2ccccc2)CC1c1ccc2nccnc2c1. The molecule has 3 aromatic carbocycles. The molecule has 5 rings (SSSR count). The molecule has 0 spiro atoms. The van der Waals surface area contributed by atoms with Crippen LogP contribution in [-0.2, 0) is 11.2 Å². The maximum atomic E-state index is 13.2. The summed E-state index contributed by atoms with van der Waals surface area (Å²) in [5, 5.41) is 6.44. The van der Waals surface area contributed by atoms with Crippen molar-refractivity contribution in [1.82, 2.24) is 15.0 Å². The van der Waals surface area contributed by atoms with Gasteiger partial charge < -0.3 is 0 Å². The second-order valence-electron chi connectivity index (χ2n) is 7.66. The lowest BCUT2D eigenvalue weighted by Gasteiger charge is -2.22. The summed E-state index contributed by atoms with van der Waals surface area (Å²) in [5.41, 5.74) is 5.82. The number of hydrogen-bond acceptors (Lipinski definition) is 4. The number of benzene rings is 3. The first-order valence-electron chi connectivity index (χ1n) is 10.5. The summed E-state index contributed by atoms with van der Waals surface area (Å²) in [6.45, 7) is 0. The molecular formula is C26H22N4O. The maximum absolute atomic E-state index is 13.2. The molecule has 0 aliphatic carbocycles. The van der Waals surface area contributed by atoms with Crippen molar-refractivity contribution in [3.05, 3.63) is 108 Å². The Balaban J connectivity index is 1.45. The van der Waals surface area contributed by atoms with Gasteiger partial charge in [-0.05, 0) is 35.2 Å². The summed E-state index contributed by atoms with van der Waals surface area (Å²) in [6, 6.07) is 26.0. The minimum absolute atomic E-state index is 0.0269. The zero-order chi connectivity index (χ0) is 21.0. The van der Waals surface area contributed by atoms with Gasteiger partial charge in [0, 0.05) is 25.2 Å². The van der Waals surface area contributed by atoms with Crippen molar-refractivity contribution < 1.29 is 4.79 Å². The molecule has 0 saturated heterocycles. The molecule has 0 radical (unpaired) electrons. The topological polar surface area (TPSA) is 58.5 Å². The normalized spacial score (nSPS) is 15.8. The Morgan fingerprint density at radius 1 is 0.871 bits per heavy atom. The lowest BCUT2D eigenvalue weighted by Crippen LogP contribution is -2.27. The van der Waals surface area contributed by atoms with Crippen LogP contribution in [-0.4, -0.2) is 26.6 Å². The van der Waals surface area contributed by atoms with Gasteiger partial charge in [0.05, 0.1) is 22.8 Å². The van der Waals surface area contributed by atoms with E-state index in [4.69, 9.17) is 5.10 Å². The molecular weight excluding hydrogens is 384 g/mol. The van der Waals surface area contributed by atoms with Crippen LogP contribution >= 0.6 is 0 Å². The molecule has 1 amide bonds. The molecule has 1 aliphatic rings. The molecule has 2 heterocycles. The highest BCUT2D eigenvalue weighted by molar-refractivity contribution is 6.03. The molecule has 31 heavy (non-hydrogen) atoms. The van der Waals surface area contributed by atoms with E-state index in [1.807, 2.05) is 66.7 Å². The molecule has 1 unspecified atom stereocenters. The largest absolute Gasteiger partial charge is 0.273 e. The fourth-order valence-electron chi connectivity index (χ4n) is 4.00. The second-order valence-corrected chi connectivity index (χ2v) is 7.66. The Kier molecular flexibility index (Phi) is 5.23. The summed E-state index contributed by atoms with van der Waals surface area (Å²) in [7, 11) is 0. The highest BCUT2D eigenvalue weighted by atomic mass is 16.2. The van der Waals surface area contributed by atoms with Gasteiger partial charge >= 0.3 is 0 Å². The average Bonchev–Trinajstić information content (AvgIpc) is 3.29. The minimum Gasteiger partial charge on any atom is -0.273 e. The number of nitrogens with zero attached hydrogens (tertiary/aromatic N) is 4. The lowest BCUT2D eigenvalue weighted by molar-refractivity contribution is -0.132. The molecule has 0 saturated carbocycles. The number of carbonyl (C=O) groups is 1. The number of hydrogen-bond donors (Lipinski definition) is 0. The number of carbonyl (C=O) groups excluding carboxylic acids is 1. The number of aryl methyl sites for hydroxylation is 1. The van der Waals surface area contributed by atoms with Crippen molar-refractivity contribution in [2.24, 2.45) is 5.10 Å². The number of rotatable bonds is 5. The van der Waals surface area contributed by atoms with Gasteiger partial charge in [-0.2, -0.15) is 5.10 Å². The molecule has 152 valence electrons. The summed E-state index contributed by atoms with van der Waals surface area (Å²) >= 11 is 0. The van der Waals surface area contributed by atoms with E-state index in [1.165, 1.54) is 0 Å². The van der Waals surface area contributed by atoms with E-state index in [1.54, 1.807) is 17.4 Å². The molecule has 4 aromatic rings. The summed E-state index contributed by atoms with van der Waals surface area (Å²) < 4.78 is 0. The van der Waals surface area contributed by atoms with Crippen molar-refractivity contribution in [3.63, 3.8) is 0 Å². The van der Waals surface area contributed by atoms with Crippen molar-refractivity contribution in [2.75, 3.05) is 0 Å². The standard InChI is InChI=1S/C26H22N4O/c31-26(14-11-19-7-3-1-4-8-19)30-25(18-23(29-30)20-9-5-2-6-10-20)21-12-13-22-24(17-21)28-16-15-27-22/h1-10,12-13,15-17,25H,11,14,18H2. The predicted molar refractivity (Wildman–Crippen MR) is 121 cm³/mol. The second kappa shape index (κ2) is 8.48. The first kappa shape index (κ1) is 19.1. The summed E-state index contributed by atoms with van der Waals surface area (Å²) in [4.78, 5) is 22.0. The van der Waals surface area contributed by atoms with Crippen molar-refractivity contribution >= 4 is 22.7 Å². The van der Waals surface area contributed by atoms with Crippen LogP contribution in [0.15, 0.2) is 96.4 Å². The zero-order valence-electron chi connectivity index (χ0n) is 17.1. The number of amides is 1. The van der Waals surface area contributed by atoms with E-state index in [0.29, 0.717) is 19.3 Å². The van der Waals surface area contributed by atoms with Crippen LogP contribution in [0.1, 0.15) is 35.6 Å². The lowest BCUT2D eigenvalue weighted by atomic mass is 9.97. The van der Waals surface area contributed by atoms with E-state index in [-0.39, 0.29) is 11.9 Å². The van der Waals surface area contributed by atoms with Gasteiger partial charge in [0.2, 0.25) is 5.91 Å². The molecule has 5 nitrogen and oxygen atoms in total. The third kappa shape index (κ3) is 4.08. The fourth-order valence-corrected chi connectivity index (χ4v) is 4.00. The highest BCUT2D eigenvalue weighted by Crippen LogP contribution is 2.34. The number of fused-ring (bicyclic) bond motifs is 1. The van der Waals surface area contributed by atoms with E-state index in [9.17, 15) is 4.79 Å². The van der Waals surface area contributed by atoms with Crippen LogP contribution in [0.25, 0.3) is 11.0 Å². The van der Waals surface area contributed by atoms with Crippen LogP contribution in [0.4, 0.5) is 0 Å². The Morgan fingerprint density at radius 3 is 2.35 bits per heavy atom. The predicted octanol–water partition coefficient (Wildman–Crippen LogP) is 4.94. The monoisotopic (exact) mass is 406 g/mol. The Hall–Kier alpha value is -3.86. The highest BCUT2D eigenvalue weighted by Gasteiger charge is 2.33. The van der Waals surface area contributed by atoms with Crippen LogP contribution in [0.3, 0.4) is 0 Å². The minimum atomic E-state index is -0.148. The van der Waals surface area contributed by atoms with Gasteiger partial charge in [-0.1, -0.05) is 66.7 Å². The van der Waals surface area contributed by atoms with Crippen molar-refractivity contribution in [3.8, 4) is 0 Å². The molecule has 1 aliphatic heterocycles. The van der Waals surface area contributed by atoms with Crippen molar-refractivity contribution in [2.45, 2.75) is 25.3 Å². The first-order valence-corrected chi connectivity index (χ1v) is 10.5. The van der Waals surface area contributed by atoms with E-state index in [0.717, 1.165) is 33.4 Å². The number of aromatic nitrogens is 2. The third-order valence-corrected chi connectivity index (χ3v) is 5.62. The Labute approximate surface area is 181 Å². The van der Waals surface area contributed by atoms with Crippen LogP contribution < -0.4 is 0 Å². The van der Waals surface area contributed by atoms with E-state index < -0.39 is 0 Å². The molecule has 0 fully saturated rings. The van der Waals surface area contributed by atoms with Gasteiger partial charge in [-0.15, -0.1) is 0 Å². The molecule has 0 N–H and O–H groups in total. The van der Waals surface area contributed by atoms with E-state index >= 15 is 0 Å². The molecule has 5 heteroatoms. The average molecular weight is 406 g/mol. The molecule has 1 aromatic heterocycles. The van der Waals surface area contributed by atoms with Crippen LogP contribution in [0.2, 0.25) is 0 Å². The first-order chi connectivity index (χ1) is 15.3.